The van der Waals surface area contributed by atoms with Gasteiger partial charge < -0.3 is 31.9 Å². The Hall–Kier alpha value is -1.85. The molecule has 10 nitrogen and oxygen atoms in total. The third-order valence-electron chi connectivity index (χ3n) is 4.31. The second-order valence-electron chi connectivity index (χ2n) is 6.57. The van der Waals surface area contributed by atoms with Gasteiger partial charge in [0, 0.05) is 0 Å². The second kappa shape index (κ2) is 13.3. The van der Waals surface area contributed by atoms with E-state index in [2.05, 4.69) is 16.0 Å². The van der Waals surface area contributed by atoms with Crippen LogP contribution in [0, 0.1) is 5.92 Å². The Morgan fingerprint density at radius 2 is 1.64 bits per heavy atom. The van der Waals surface area contributed by atoms with Crippen molar-refractivity contribution >= 4 is 35.5 Å². The van der Waals surface area contributed by atoms with E-state index in [9.17, 15) is 19.2 Å². The molecular weight excluding hydrogens is 388 g/mol. The number of hydrogen-bond donors (Lipinski definition) is 6. The molecule has 3 amide bonds. The zero-order valence-electron chi connectivity index (χ0n) is 16.7. The number of rotatable bonds is 13. The maximum Gasteiger partial charge on any atom is 0.328 e. The van der Waals surface area contributed by atoms with Crippen molar-refractivity contribution < 1.29 is 29.4 Å². The lowest BCUT2D eigenvalue weighted by atomic mass is 9.97. The third kappa shape index (κ3) is 8.89. The van der Waals surface area contributed by atoms with Crippen molar-refractivity contribution in [2.24, 2.45) is 11.7 Å². The first-order chi connectivity index (χ1) is 13.1. The summed E-state index contributed by atoms with van der Waals surface area (Å²) in [4.78, 5) is 47.8. The van der Waals surface area contributed by atoms with Gasteiger partial charge in [0.1, 0.15) is 18.1 Å². The monoisotopic (exact) mass is 420 g/mol. The number of nitrogens with two attached hydrogens (primary N) is 1. The number of nitrogens with one attached hydrogen (secondary N) is 3. The molecule has 0 aromatic rings. The van der Waals surface area contributed by atoms with E-state index in [-0.39, 0.29) is 5.92 Å². The standard InChI is InChI=1S/C17H32N4O6S/c1-5-9(2)13(21-15(24)11(18)6-7-28-4)16(25)19-10(3)14(23)20-12(8-22)17(26)27/h9-13,22H,5-8,18H2,1-4H3,(H,19,25)(H,20,23)(H,21,24)(H,26,27). The normalized spacial score (nSPS) is 16.2. The summed E-state index contributed by atoms with van der Waals surface area (Å²) in [6.07, 6.45) is 2.97. The van der Waals surface area contributed by atoms with Gasteiger partial charge in [-0.15, -0.1) is 0 Å². The number of aliphatic carboxylic acids is 1. The van der Waals surface area contributed by atoms with Crippen LogP contribution in [0.2, 0.25) is 0 Å². The number of carbonyl (C=O) groups is 4. The summed E-state index contributed by atoms with van der Waals surface area (Å²) >= 11 is 1.56. The first kappa shape index (κ1) is 26.1. The Morgan fingerprint density at radius 1 is 1.04 bits per heavy atom. The van der Waals surface area contributed by atoms with Crippen LogP contribution in [0.15, 0.2) is 0 Å². The molecule has 0 heterocycles. The minimum atomic E-state index is -1.47. The zero-order valence-corrected chi connectivity index (χ0v) is 17.5. The predicted molar refractivity (Wildman–Crippen MR) is 107 cm³/mol. The summed E-state index contributed by atoms with van der Waals surface area (Å²) in [6.45, 7) is 4.25. The highest BCUT2D eigenvalue weighted by Crippen LogP contribution is 2.09. The second-order valence-corrected chi connectivity index (χ2v) is 7.56. The highest BCUT2D eigenvalue weighted by atomic mass is 32.2. The number of carboxylic acids is 1. The summed E-state index contributed by atoms with van der Waals surface area (Å²) in [7, 11) is 0. The number of hydrogen-bond acceptors (Lipinski definition) is 7. The number of carbonyl (C=O) groups excluding carboxylic acids is 3. The van der Waals surface area contributed by atoms with Crippen molar-refractivity contribution in [1.29, 1.82) is 0 Å². The fourth-order valence-electron chi connectivity index (χ4n) is 2.19. The van der Waals surface area contributed by atoms with Gasteiger partial charge in [0.05, 0.1) is 12.6 Å². The summed E-state index contributed by atoms with van der Waals surface area (Å²) < 4.78 is 0. The van der Waals surface area contributed by atoms with E-state index in [1.54, 1.807) is 18.7 Å². The van der Waals surface area contributed by atoms with E-state index in [4.69, 9.17) is 15.9 Å². The average Bonchev–Trinajstić information content (AvgIpc) is 2.66. The van der Waals surface area contributed by atoms with Gasteiger partial charge in [-0.2, -0.15) is 11.8 Å². The van der Waals surface area contributed by atoms with Crippen molar-refractivity contribution in [3.8, 4) is 0 Å². The Bertz CT molecular complexity index is 548. The molecule has 0 saturated heterocycles. The van der Waals surface area contributed by atoms with E-state index in [1.807, 2.05) is 13.2 Å². The molecule has 5 unspecified atom stereocenters. The van der Waals surface area contributed by atoms with Crippen LogP contribution >= 0.6 is 11.8 Å². The van der Waals surface area contributed by atoms with E-state index in [1.165, 1.54) is 6.92 Å². The molecule has 0 fully saturated rings. The van der Waals surface area contributed by atoms with Crippen molar-refractivity contribution in [3.05, 3.63) is 0 Å². The van der Waals surface area contributed by atoms with E-state index in [0.29, 0.717) is 18.6 Å². The Balaban J connectivity index is 4.99. The van der Waals surface area contributed by atoms with Gasteiger partial charge in [-0.25, -0.2) is 4.79 Å². The maximum atomic E-state index is 12.6. The first-order valence-electron chi connectivity index (χ1n) is 9.08. The van der Waals surface area contributed by atoms with Crippen LogP contribution in [0.5, 0.6) is 0 Å². The van der Waals surface area contributed by atoms with Gasteiger partial charge in [-0.3, -0.25) is 14.4 Å². The number of aliphatic hydroxyl groups excluding tert-OH is 1. The lowest BCUT2D eigenvalue weighted by Crippen LogP contribution is -2.58. The largest absolute Gasteiger partial charge is 0.480 e. The Morgan fingerprint density at radius 3 is 2.11 bits per heavy atom. The van der Waals surface area contributed by atoms with Gasteiger partial charge in [0.2, 0.25) is 17.7 Å². The first-order valence-corrected chi connectivity index (χ1v) is 10.5. The topological polar surface area (TPSA) is 171 Å². The van der Waals surface area contributed by atoms with Crippen LogP contribution < -0.4 is 21.7 Å². The molecular formula is C17H32N4O6S. The van der Waals surface area contributed by atoms with Crippen molar-refractivity contribution in [2.75, 3.05) is 18.6 Å². The maximum absolute atomic E-state index is 12.6. The van der Waals surface area contributed by atoms with Crippen LogP contribution in [0.4, 0.5) is 0 Å². The summed E-state index contributed by atoms with van der Waals surface area (Å²) in [6, 6.07) is -4.16. The molecule has 0 aliphatic heterocycles. The van der Waals surface area contributed by atoms with Gasteiger partial charge in [-0.05, 0) is 31.3 Å². The zero-order chi connectivity index (χ0) is 21.9. The van der Waals surface area contributed by atoms with E-state index in [0.717, 1.165) is 0 Å². The molecule has 0 aliphatic rings. The minimum absolute atomic E-state index is 0.212. The molecule has 28 heavy (non-hydrogen) atoms. The molecule has 7 N–H and O–H groups in total. The highest BCUT2D eigenvalue weighted by molar-refractivity contribution is 7.98. The number of carboxylic acid groups (broad SMARTS) is 1. The lowest BCUT2D eigenvalue weighted by molar-refractivity contribution is -0.143. The fraction of sp³-hybridized carbons (Fsp3) is 0.765. The SMILES string of the molecule is CCC(C)C(NC(=O)C(N)CCSC)C(=O)NC(C)C(=O)NC(CO)C(=O)O. The molecule has 0 aromatic heterocycles. The average molecular weight is 421 g/mol. The van der Waals surface area contributed by atoms with Crippen LogP contribution in [-0.2, 0) is 19.2 Å². The summed E-state index contributed by atoms with van der Waals surface area (Å²) in [5.41, 5.74) is 5.84. The number of thioether (sulfide) groups is 1. The van der Waals surface area contributed by atoms with Crippen LogP contribution in [0.3, 0.4) is 0 Å². The summed E-state index contributed by atoms with van der Waals surface area (Å²) in [5, 5.41) is 25.1. The van der Waals surface area contributed by atoms with Gasteiger partial charge in [-0.1, -0.05) is 20.3 Å². The smallest absolute Gasteiger partial charge is 0.328 e. The van der Waals surface area contributed by atoms with Crippen molar-refractivity contribution in [1.82, 2.24) is 16.0 Å². The quantitative estimate of drug-likeness (QED) is 0.213. The van der Waals surface area contributed by atoms with Crippen LogP contribution in [0.25, 0.3) is 0 Å². The molecule has 0 radical (unpaired) electrons. The number of aliphatic hydroxyl groups is 1. The third-order valence-corrected chi connectivity index (χ3v) is 4.96. The predicted octanol–water partition coefficient (Wildman–Crippen LogP) is -1.34. The molecule has 11 heteroatoms. The van der Waals surface area contributed by atoms with Crippen LogP contribution in [0.1, 0.15) is 33.6 Å². The molecule has 0 aromatic carbocycles. The van der Waals surface area contributed by atoms with Crippen LogP contribution in [-0.4, -0.2) is 76.7 Å². The van der Waals surface area contributed by atoms with E-state index >= 15 is 0 Å². The molecule has 0 bridgehead atoms. The molecule has 0 aliphatic carbocycles. The number of amides is 3. The highest BCUT2D eigenvalue weighted by Gasteiger charge is 2.30. The van der Waals surface area contributed by atoms with Gasteiger partial charge in [0.25, 0.3) is 0 Å². The fourth-order valence-corrected chi connectivity index (χ4v) is 2.68. The molecule has 5 atom stereocenters. The Kier molecular flexibility index (Phi) is 12.5. The minimum Gasteiger partial charge on any atom is -0.480 e. The molecule has 0 rings (SSSR count). The summed E-state index contributed by atoms with van der Waals surface area (Å²) in [5.74, 6) is -2.67. The van der Waals surface area contributed by atoms with Gasteiger partial charge >= 0.3 is 5.97 Å². The van der Waals surface area contributed by atoms with Crippen molar-refractivity contribution in [3.63, 3.8) is 0 Å². The molecule has 0 spiro atoms. The molecule has 162 valence electrons. The van der Waals surface area contributed by atoms with Crippen molar-refractivity contribution in [2.45, 2.75) is 57.8 Å². The lowest BCUT2D eigenvalue weighted by Gasteiger charge is -2.26. The van der Waals surface area contributed by atoms with Gasteiger partial charge in [0.15, 0.2) is 0 Å². The molecule has 0 saturated carbocycles. The van der Waals surface area contributed by atoms with E-state index < -0.39 is 54.5 Å². The Labute approximate surface area is 169 Å².